The van der Waals surface area contributed by atoms with Gasteiger partial charge in [0.1, 0.15) is 0 Å². The van der Waals surface area contributed by atoms with E-state index in [2.05, 4.69) is 18.9 Å². The highest BCUT2D eigenvalue weighted by Gasteiger charge is 2.14. The van der Waals surface area contributed by atoms with Crippen LogP contribution >= 0.6 is 0 Å². The lowest BCUT2D eigenvalue weighted by Crippen LogP contribution is -2.12. The van der Waals surface area contributed by atoms with Gasteiger partial charge in [-0.15, -0.1) is 0 Å². The van der Waals surface area contributed by atoms with E-state index in [1.54, 1.807) is 7.11 Å². The standard InChI is InChI=1S/C14H26N2O3/c1-4-13-12(11-17)14(5-2)16(15-13)7-10-19-9-6-8-18-3/h17H,4-11H2,1-3H3. The van der Waals surface area contributed by atoms with Crippen LogP contribution in [0, 0.1) is 0 Å². The smallest absolute Gasteiger partial charge is 0.0718 e. The number of hydrogen-bond donors (Lipinski definition) is 1. The van der Waals surface area contributed by atoms with Gasteiger partial charge in [0.25, 0.3) is 0 Å². The van der Waals surface area contributed by atoms with E-state index in [1.807, 2.05) is 4.68 Å². The van der Waals surface area contributed by atoms with Crippen LogP contribution in [-0.4, -0.2) is 41.8 Å². The molecule has 5 nitrogen and oxygen atoms in total. The summed E-state index contributed by atoms with van der Waals surface area (Å²) in [6.07, 6.45) is 2.65. The van der Waals surface area contributed by atoms with E-state index < -0.39 is 0 Å². The Morgan fingerprint density at radius 1 is 1.16 bits per heavy atom. The van der Waals surface area contributed by atoms with Crippen molar-refractivity contribution in [2.45, 2.75) is 46.3 Å². The third-order valence-electron chi connectivity index (χ3n) is 3.16. The SMILES string of the molecule is CCc1nn(CCOCCCOC)c(CC)c1CO. The van der Waals surface area contributed by atoms with Gasteiger partial charge in [-0.2, -0.15) is 5.10 Å². The molecule has 1 aromatic heterocycles. The highest BCUT2D eigenvalue weighted by Crippen LogP contribution is 2.16. The highest BCUT2D eigenvalue weighted by atomic mass is 16.5. The molecular weight excluding hydrogens is 244 g/mol. The highest BCUT2D eigenvalue weighted by molar-refractivity contribution is 5.25. The first kappa shape index (κ1) is 16.1. The van der Waals surface area contributed by atoms with Crippen LogP contribution in [0.1, 0.15) is 37.2 Å². The molecule has 0 saturated heterocycles. The van der Waals surface area contributed by atoms with Crippen LogP contribution in [0.25, 0.3) is 0 Å². The van der Waals surface area contributed by atoms with E-state index in [-0.39, 0.29) is 6.61 Å². The largest absolute Gasteiger partial charge is 0.392 e. The molecule has 0 bridgehead atoms. The molecule has 0 aromatic carbocycles. The Morgan fingerprint density at radius 2 is 1.95 bits per heavy atom. The molecule has 0 spiro atoms. The van der Waals surface area contributed by atoms with Crippen LogP contribution in [0.2, 0.25) is 0 Å². The van der Waals surface area contributed by atoms with Crippen molar-refractivity contribution in [2.75, 3.05) is 26.9 Å². The monoisotopic (exact) mass is 270 g/mol. The van der Waals surface area contributed by atoms with Gasteiger partial charge < -0.3 is 14.6 Å². The van der Waals surface area contributed by atoms with Crippen LogP contribution in [0.5, 0.6) is 0 Å². The summed E-state index contributed by atoms with van der Waals surface area (Å²) in [4.78, 5) is 0. The summed E-state index contributed by atoms with van der Waals surface area (Å²) in [7, 11) is 1.69. The predicted octanol–water partition coefficient (Wildman–Crippen LogP) is 1.55. The van der Waals surface area contributed by atoms with Crippen LogP contribution in [0.3, 0.4) is 0 Å². The lowest BCUT2D eigenvalue weighted by atomic mass is 10.1. The Balaban J connectivity index is 2.50. The Labute approximate surface area is 115 Å². The van der Waals surface area contributed by atoms with Gasteiger partial charge in [-0.25, -0.2) is 0 Å². The molecule has 110 valence electrons. The predicted molar refractivity (Wildman–Crippen MR) is 74.2 cm³/mol. The second kappa shape index (κ2) is 9.07. The summed E-state index contributed by atoms with van der Waals surface area (Å²) in [5.74, 6) is 0. The summed E-state index contributed by atoms with van der Waals surface area (Å²) in [6.45, 7) is 7.05. The van der Waals surface area contributed by atoms with Gasteiger partial charge in [0, 0.05) is 31.6 Å². The van der Waals surface area contributed by atoms with Crippen molar-refractivity contribution < 1.29 is 14.6 Å². The molecular formula is C14H26N2O3. The topological polar surface area (TPSA) is 56.5 Å². The van der Waals surface area contributed by atoms with Crippen molar-refractivity contribution in [3.63, 3.8) is 0 Å². The number of nitrogens with zero attached hydrogens (tertiary/aromatic N) is 2. The Hall–Kier alpha value is -0.910. The minimum absolute atomic E-state index is 0.0705. The van der Waals surface area contributed by atoms with Crippen molar-refractivity contribution in [2.24, 2.45) is 0 Å². The second-order valence-corrected chi connectivity index (χ2v) is 4.42. The van der Waals surface area contributed by atoms with E-state index in [0.29, 0.717) is 13.2 Å². The molecule has 1 aromatic rings. The van der Waals surface area contributed by atoms with Crippen LogP contribution in [0.4, 0.5) is 0 Å². The lowest BCUT2D eigenvalue weighted by molar-refractivity contribution is 0.0956. The molecule has 0 amide bonds. The number of rotatable bonds is 10. The molecule has 0 aliphatic carbocycles. The van der Waals surface area contributed by atoms with Gasteiger partial charge in [0.15, 0.2) is 0 Å². The second-order valence-electron chi connectivity index (χ2n) is 4.42. The number of aromatic nitrogens is 2. The van der Waals surface area contributed by atoms with E-state index in [1.165, 1.54) is 0 Å². The maximum absolute atomic E-state index is 9.45. The number of ether oxygens (including phenoxy) is 2. The van der Waals surface area contributed by atoms with E-state index >= 15 is 0 Å². The number of methoxy groups -OCH3 is 1. The van der Waals surface area contributed by atoms with Crippen molar-refractivity contribution >= 4 is 0 Å². The summed E-state index contributed by atoms with van der Waals surface area (Å²) in [6, 6.07) is 0. The fourth-order valence-corrected chi connectivity index (χ4v) is 2.19. The van der Waals surface area contributed by atoms with Gasteiger partial charge in [-0.3, -0.25) is 4.68 Å². The Kier molecular flexibility index (Phi) is 7.70. The third-order valence-corrected chi connectivity index (χ3v) is 3.16. The molecule has 19 heavy (non-hydrogen) atoms. The van der Waals surface area contributed by atoms with E-state index in [9.17, 15) is 5.11 Å². The summed E-state index contributed by atoms with van der Waals surface area (Å²) < 4.78 is 12.5. The zero-order valence-corrected chi connectivity index (χ0v) is 12.3. The molecule has 1 N–H and O–H groups in total. The number of aryl methyl sites for hydroxylation is 1. The number of aliphatic hydroxyl groups excluding tert-OH is 1. The number of hydrogen-bond acceptors (Lipinski definition) is 4. The molecule has 0 radical (unpaired) electrons. The van der Waals surface area contributed by atoms with Gasteiger partial charge in [-0.05, 0) is 19.3 Å². The number of aliphatic hydroxyl groups is 1. The Bertz CT molecular complexity index is 364. The quantitative estimate of drug-likeness (QED) is 0.655. The van der Waals surface area contributed by atoms with Gasteiger partial charge in [0.05, 0.1) is 25.5 Å². The fraction of sp³-hybridized carbons (Fsp3) is 0.786. The molecule has 0 aliphatic rings. The summed E-state index contributed by atoms with van der Waals surface area (Å²) in [5.41, 5.74) is 3.11. The minimum Gasteiger partial charge on any atom is -0.392 e. The summed E-state index contributed by atoms with van der Waals surface area (Å²) in [5, 5.41) is 14.0. The molecule has 1 rings (SSSR count). The molecule has 5 heteroatoms. The maximum Gasteiger partial charge on any atom is 0.0718 e. The minimum atomic E-state index is 0.0705. The fourth-order valence-electron chi connectivity index (χ4n) is 2.19. The van der Waals surface area contributed by atoms with Gasteiger partial charge in [0.2, 0.25) is 0 Å². The summed E-state index contributed by atoms with van der Waals surface area (Å²) >= 11 is 0. The van der Waals surface area contributed by atoms with Gasteiger partial charge >= 0.3 is 0 Å². The van der Waals surface area contributed by atoms with Gasteiger partial charge in [-0.1, -0.05) is 13.8 Å². The third kappa shape index (κ3) is 4.60. The molecule has 0 saturated carbocycles. The van der Waals surface area contributed by atoms with Crippen molar-refractivity contribution in [3.05, 3.63) is 17.0 Å². The first-order valence-electron chi connectivity index (χ1n) is 7.03. The zero-order valence-electron chi connectivity index (χ0n) is 12.3. The molecule has 0 unspecified atom stereocenters. The van der Waals surface area contributed by atoms with Crippen LogP contribution in [-0.2, 0) is 35.5 Å². The zero-order chi connectivity index (χ0) is 14.1. The molecule has 0 aliphatic heterocycles. The molecule has 1 heterocycles. The normalized spacial score (nSPS) is 11.2. The average molecular weight is 270 g/mol. The Morgan fingerprint density at radius 3 is 2.53 bits per heavy atom. The van der Waals surface area contributed by atoms with E-state index in [0.717, 1.165) is 49.4 Å². The van der Waals surface area contributed by atoms with Crippen molar-refractivity contribution in [3.8, 4) is 0 Å². The van der Waals surface area contributed by atoms with Crippen LogP contribution < -0.4 is 0 Å². The molecule has 0 atom stereocenters. The average Bonchev–Trinajstić information content (AvgIpc) is 2.79. The lowest BCUT2D eigenvalue weighted by Gasteiger charge is -2.08. The molecule has 0 fully saturated rings. The van der Waals surface area contributed by atoms with E-state index in [4.69, 9.17) is 9.47 Å². The van der Waals surface area contributed by atoms with Crippen molar-refractivity contribution in [1.82, 2.24) is 9.78 Å². The van der Waals surface area contributed by atoms with Crippen molar-refractivity contribution in [1.29, 1.82) is 0 Å². The first-order chi connectivity index (χ1) is 9.28. The maximum atomic E-state index is 9.45. The first-order valence-corrected chi connectivity index (χ1v) is 7.03. The van der Waals surface area contributed by atoms with Crippen LogP contribution in [0.15, 0.2) is 0 Å².